The van der Waals surface area contributed by atoms with Crippen molar-refractivity contribution in [2.45, 2.75) is 25.1 Å². The van der Waals surface area contributed by atoms with Gasteiger partial charge in [-0.1, -0.05) is 6.07 Å². The van der Waals surface area contributed by atoms with E-state index in [-0.39, 0.29) is 24.1 Å². The Morgan fingerprint density at radius 3 is 2.65 bits per heavy atom. The second-order valence-corrected chi connectivity index (χ2v) is 6.35. The van der Waals surface area contributed by atoms with E-state index in [0.717, 1.165) is 5.56 Å². The summed E-state index contributed by atoms with van der Waals surface area (Å²) < 4.78 is 21.0. The molecule has 8 nitrogen and oxygen atoms in total. The minimum absolute atomic E-state index is 0.0170. The second-order valence-electron chi connectivity index (χ2n) is 6.35. The molecule has 0 saturated carbocycles. The Balaban J connectivity index is 1.69. The van der Waals surface area contributed by atoms with Crippen LogP contribution in [0.3, 0.4) is 0 Å². The van der Waals surface area contributed by atoms with Crippen molar-refractivity contribution in [3.63, 3.8) is 0 Å². The van der Waals surface area contributed by atoms with Gasteiger partial charge in [-0.3, -0.25) is 9.69 Å². The molecule has 3 rings (SSSR count). The summed E-state index contributed by atoms with van der Waals surface area (Å²) >= 11 is 0. The van der Waals surface area contributed by atoms with Gasteiger partial charge in [-0.2, -0.15) is 0 Å². The molecule has 2 aliphatic rings. The third kappa shape index (κ3) is 3.55. The third-order valence-corrected chi connectivity index (χ3v) is 4.80. The lowest BCUT2D eigenvalue weighted by atomic mass is 10.1. The highest BCUT2D eigenvalue weighted by Crippen LogP contribution is 2.32. The van der Waals surface area contributed by atoms with Gasteiger partial charge < -0.3 is 23.8 Å². The van der Waals surface area contributed by atoms with Gasteiger partial charge in [0.2, 0.25) is 5.91 Å². The van der Waals surface area contributed by atoms with E-state index in [2.05, 4.69) is 0 Å². The van der Waals surface area contributed by atoms with Gasteiger partial charge in [0.25, 0.3) is 0 Å². The third-order valence-electron chi connectivity index (χ3n) is 4.80. The summed E-state index contributed by atoms with van der Waals surface area (Å²) in [5.41, 5.74) is 0.907. The normalized spacial score (nSPS) is 21.6. The highest BCUT2D eigenvalue weighted by molar-refractivity contribution is 5.78. The van der Waals surface area contributed by atoms with Gasteiger partial charge in [0, 0.05) is 20.2 Å². The van der Waals surface area contributed by atoms with Crippen molar-refractivity contribution in [3.8, 4) is 11.5 Å². The Morgan fingerprint density at radius 1 is 1.19 bits per heavy atom. The molecule has 0 bridgehead atoms. The first-order valence-electron chi connectivity index (χ1n) is 8.52. The molecule has 142 valence electrons. The summed E-state index contributed by atoms with van der Waals surface area (Å²) in [7, 11) is 4.72. The zero-order valence-electron chi connectivity index (χ0n) is 15.3. The molecule has 1 aromatic rings. The van der Waals surface area contributed by atoms with Gasteiger partial charge >= 0.3 is 6.09 Å². The number of carbonyl (C=O) groups is 2. The molecular formula is C18H24N2O6. The quantitative estimate of drug-likeness (QED) is 0.725. The van der Waals surface area contributed by atoms with Crippen LogP contribution in [0.25, 0.3) is 0 Å². The molecule has 2 saturated heterocycles. The van der Waals surface area contributed by atoms with Crippen molar-refractivity contribution in [1.29, 1.82) is 0 Å². The second kappa shape index (κ2) is 7.82. The molecule has 0 radical (unpaired) electrons. The number of likely N-dealkylation sites (tertiary alicyclic amines) is 1. The molecular weight excluding hydrogens is 340 g/mol. The van der Waals surface area contributed by atoms with Crippen LogP contribution in [0, 0.1) is 0 Å². The van der Waals surface area contributed by atoms with Crippen molar-refractivity contribution in [1.82, 2.24) is 9.80 Å². The summed E-state index contributed by atoms with van der Waals surface area (Å²) in [5.74, 6) is 1.26. The fourth-order valence-corrected chi connectivity index (χ4v) is 3.41. The lowest BCUT2D eigenvalue weighted by Gasteiger charge is -2.23. The number of nitrogens with zero attached hydrogens (tertiary/aromatic N) is 2. The summed E-state index contributed by atoms with van der Waals surface area (Å²) in [6.07, 6.45) is -0.299. The monoisotopic (exact) mass is 364 g/mol. The summed E-state index contributed by atoms with van der Waals surface area (Å²) in [4.78, 5) is 27.8. The van der Waals surface area contributed by atoms with Crippen LogP contribution in [-0.2, 0) is 20.8 Å². The maximum atomic E-state index is 12.2. The largest absolute Gasteiger partial charge is 0.493 e. The number of hydrogen-bond acceptors (Lipinski definition) is 6. The van der Waals surface area contributed by atoms with Crippen LogP contribution in [-0.4, -0.2) is 75.0 Å². The average molecular weight is 364 g/mol. The van der Waals surface area contributed by atoms with Gasteiger partial charge in [0.15, 0.2) is 11.5 Å². The summed E-state index contributed by atoms with van der Waals surface area (Å²) in [6.45, 7) is 1.69. The zero-order chi connectivity index (χ0) is 18.7. The van der Waals surface area contributed by atoms with Crippen molar-refractivity contribution in [2.75, 3.05) is 41.0 Å². The zero-order valence-corrected chi connectivity index (χ0v) is 15.3. The Labute approximate surface area is 152 Å². The van der Waals surface area contributed by atoms with Crippen molar-refractivity contribution >= 4 is 12.0 Å². The predicted octanol–water partition coefficient (Wildman–Crippen LogP) is 1.27. The first kappa shape index (κ1) is 18.3. The number of fused-ring (bicyclic) bond motifs is 1. The maximum absolute atomic E-state index is 12.2. The van der Waals surface area contributed by atoms with Crippen molar-refractivity contribution < 1.29 is 28.5 Å². The first-order valence-corrected chi connectivity index (χ1v) is 8.52. The van der Waals surface area contributed by atoms with E-state index in [1.54, 1.807) is 31.1 Å². The Kier molecular flexibility index (Phi) is 5.51. The van der Waals surface area contributed by atoms with Gasteiger partial charge in [0.1, 0.15) is 6.10 Å². The molecule has 2 heterocycles. The number of ether oxygens (including phenoxy) is 4. The van der Waals surface area contributed by atoms with E-state index in [0.29, 0.717) is 44.2 Å². The molecule has 2 aliphatic heterocycles. The minimum atomic E-state index is -0.348. The fraction of sp³-hybridized carbons (Fsp3) is 0.556. The molecule has 1 aromatic carbocycles. The van der Waals surface area contributed by atoms with Gasteiger partial charge in [-0.15, -0.1) is 0 Å². The van der Waals surface area contributed by atoms with Crippen LogP contribution in [0.1, 0.15) is 12.0 Å². The van der Waals surface area contributed by atoms with Crippen LogP contribution in [0.5, 0.6) is 11.5 Å². The average Bonchev–Trinajstić information content (AvgIpc) is 3.18. The molecule has 2 atom stereocenters. The molecule has 0 aliphatic carbocycles. The lowest BCUT2D eigenvalue weighted by molar-refractivity contribution is -0.131. The highest BCUT2D eigenvalue weighted by Gasteiger charge is 2.48. The Bertz CT molecular complexity index is 680. The van der Waals surface area contributed by atoms with Crippen molar-refractivity contribution in [2.24, 2.45) is 0 Å². The molecule has 2 amide bonds. The molecule has 0 unspecified atom stereocenters. The molecule has 26 heavy (non-hydrogen) atoms. The first-order chi connectivity index (χ1) is 12.6. The number of rotatable bonds is 7. The summed E-state index contributed by atoms with van der Waals surface area (Å²) in [6, 6.07) is 5.40. The Morgan fingerprint density at radius 2 is 1.96 bits per heavy atom. The number of benzene rings is 1. The topological polar surface area (TPSA) is 77.5 Å². The van der Waals surface area contributed by atoms with E-state index in [1.165, 1.54) is 0 Å². The maximum Gasteiger partial charge on any atom is 0.410 e. The lowest BCUT2D eigenvalue weighted by Crippen LogP contribution is -2.39. The Hall–Kier alpha value is -2.48. The number of hydrogen-bond donors (Lipinski definition) is 0. The highest BCUT2D eigenvalue weighted by atomic mass is 16.6. The fourth-order valence-electron chi connectivity index (χ4n) is 3.41. The molecule has 8 heteroatoms. The number of carbonyl (C=O) groups excluding carboxylic acids is 2. The van der Waals surface area contributed by atoms with Crippen LogP contribution in [0.2, 0.25) is 0 Å². The molecule has 0 N–H and O–H groups in total. The standard InChI is InChI=1S/C18H24N2O6/c1-23-7-6-17(21)19-10-13-16(11-19)26-18(22)20(13)9-12-4-5-14(24-2)15(8-12)25-3/h4-5,8,13,16H,6-7,9-11H2,1-3H3/t13-,16+/m1/s1. The minimum Gasteiger partial charge on any atom is -0.493 e. The summed E-state index contributed by atoms with van der Waals surface area (Å²) in [5, 5.41) is 0. The van der Waals surface area contributed by atoms with E-state index in [9.17, 15) is 9.59 Å². The van der Waals surface area contributed by atoms with E-state index < -0.39 is 0 Å². The van der Waals surface area contributed by atoms with Gasteiger partial charge in [-0.05, 0) is 17.7 Å². The van der Waals surface area contributed by atoms with Crippen LogP contribution in [0.15, 0.2) is 18.2 Å². The van der Waals surface area contributed by atoms with Crippen LogP contribution < -0.4 is 9.47 Å². The van der Waals surface area contributed by atoms with Crippen molar-refractivity contribution in [3.05, 3.63) is 23.8 Å². The molecule has 2 fully saturated rings. The number of amides is 2. The molecule has 0 aromatic heterocycles. The van der Waals surface area contributed by atoms with Gasteiger partial charge in [-0.25, -0.2) is 4.79 Å². The number of methoxy groups -OCH3 is 3. The smallest absolute Gasteiger partial charge is 0.410 e. The predicted molar refractivity (Wildman–Crippen MR) is 92.2 cm³/mol. The van der Waals surface area contributed by atoms with E-state index >= 15 is 0 Å². The SMILES string of the molecule is COCCC(=O)N1C[C@@H]2OC(=O)N(Cc3ccc(OC)c(OC)c3)[C@@H]2C1. The molecule has 0 spiro atoms. The van der Waals surface area contributed by atoms with E-state index in [4.69, 9.17) is 18.9 Å². The van der Waals surface area contributed by atoms with Crippen LogP contribution >= 0.6 is 0 Å². The van der Waals surface area contributed by atoms with Crippen LogP contribution in [0.4, 0.5) is 4.79 Å². The van der Waals surface area contributed by atoms with Gasteiger partial charge in [0.05, 0.1) is 39.8 Å². The van der Waals surface area contributed by atoms with E-state index in [1.807, 2.05) is 18.2 Å².